The lowest BCUT2D eigenvalue weighted by Gasteiger charge is -2.11. The zero-order valence-corrected chi connectivity index (χ0v) is 8.14. The van der Waals surface area contributed by atoms with Crippen molar-refractivity contribution in [3.8, 4) is 0 Å². The molecule has 0 radical (unpaired) electrons. The lowest BCUT2D eigenvalue weighted by Crippen LogP contribution is -2.29. The van der Waals surface area contributed by atoms with Gasteiger partial charge >= 0.3 is 0 Å². The largest absolute Gasteiger partial charge is 0.394 e. The molecule has 1 aliphatic rings. The van der Waals surface area contributed by atoms with Crippen LogP contribution in [0.1, 0.15) is 20.3 Å². The van der Waals surface area contributed by atoms with E-state index >= 15 is 0 Å². The predicted molar refractivity (Wildman–Crippen MR) is 47.2 cm³/mol. The van der Waals surface area contributed by atoms with Crippen LogP contribution >= 0.6 is 0 Å². The quantitative estimate of drug-likeness (QED) is 0.661. The molecule has 13 heavy (non-hydrogen) atoms. The van der Waals surface area contributed by atoms with Gasteiger partial charge in [0.1, 0.15) is 12.2 Å². The Kier molecular flexibility index (Phi) is 4.12. The van der Waals surface area contributed by atoms with E-state index in [-0.39, 0.29) is 31.7 Å². The fourth-order valence-electron chi connectivity index (χ4n) is 1.41. The summed E-state index contributed by atoms with van der Waals surface area (Å²) in [5.41, 5.74) is 0. The Morgan fingerprint density at radius 2 is 1.54 bits per heavy atom. The summed E-state index contributed by atoms with van der Waals surface area (Å²) in [6.07, 6.45) is -0.204. The highest BCUT2D eigenvalue weighted by Crippen LogP contribution is 2.23. The Hall–Kier alpha value is -0.160. The van der Waals surface area contributed by atoms with Crippen LogP contribution in [-0.2, 0) is 9.47 Å². The van der Waals surface area contributed by atoms with Crippen LogP contribution in [0, 0.1) is 5.92 Å². The van der Waals surface area contributed by atoms with Crippen LogP contribution in [0.15, 0.2) is 0 Å². The van der Waals surface area contributed by atoms with Gasteiger partial charge in [0.05, 0.1) is 13.2 Å². The van der Waals surface area contributed by atoms with E-state index in [2.05, 4.69) is 13.8 Å². The zero-order chi connectivity index (χ0) is 9.84. The first-order valence-electron chi connectivity index (χ1n) is 4.70. The van der Waals surface area contributed by atoms with E-state index in [0.717, 1.165) is 6.42 Å². The van der Waals surface area contributed by atoms with Crippen molar-refractivity contribution in [2.75, 3.05) is 13.2 Å². The molecule has 78 valence electrons. The number of ether oxygens (including phenoxy) is 2. The zero-order valence-electron chi connectivity index (χ0n) is 8.14. The minimum atomic E-state index is -0.367. The van der Waals surface area contributed by atoms with Crippen molar-refractivity contribution in [1.29, 1.82) is 0 Å². The first-order valence-corrected chi connectivity index (χ1v) is 4.70. The summed E-state index contributed by atoms with van der Waals surface area (Å²) in [6.45, 7) is 3.96. The number of aliphatic hydroxyl groups excluding tert-OH is 2. The average molecular weight is 190 g/mol. The van der Waals surface area contributed by atoms with Crippen molar-refractivity contribution in [3.05, 3.63) is 0 Å². The van der Waals surface area contributed by atoms with Gasteiger partial charge in [0.25, 0.3) is 0 Å². The smallest absolute Gasteiger partial charge is 0.159 e. The topological polar surface area (TPSA) is 58.9 Å². The number of hydrogen-bond donors (Lipinski definition) is 2. The Labute approximate surface area is 78.5 Å². The Morgan fingerprint density at radius 1 is 1.08 bits per heavy atom. The molecule has 1 fully saturated rings. The molecule has 0 aliphatic carbocycles. The van der Waals surface area contributed by atoms with E-state index < -0.39 is 0 Å². The molecule has 4 nitrogen and oxygen atoms in total. The molecule has 0 aromatic heterocycles. The van der Waals surface area contributed by atoms with E-state index in [0.29, 0.717) is 5.92 Å². The maximum Gasteiger partial charge on any atom is 0.159 e. The normalized spacial score (nSPS) is 30.2. The molecule has 1 saturated heterocycles. The van der Waals surface area contributed by atoms with Crippen LogP contribution in [0.2, 0.25) is 0 Å². The van der Waals surface area contributed by atoms with Gasteiger partial charge in [-0.2, -0.15) is 0 Å². The van der Waals surface area contributed by atoms with Crippen LogP contribution in [0.4, 0.5) is 0 Å². The molecule has 0 spiro atoms. The Morgan fingerprint density at radius 3 is 1.85 bits per heavy atom. The summed E-state index contributed by atoms with van der Waals surface area (Å²) in [4.78, 5) is 0. The third-order valence-corrected chi connectivity index (χ3v) is 2.09. The lowest BCUT2D eigenvalue weighted by atomic mass is 10.1. The van der Waals surface area contributed by atoms with Crippen LogP contribution in [0.5, 0.6) is 0 Å². The molecule has 0 amide bonds. The molecular formula is C9H18O4. The SMILES string of the molecule is CC(C)CC1O[C@H](CO)[C@@H](CO)O1. The molecule has 0 aromatic rings. The molecule has 0 unspecified atom stereocenters. The van der Waals surface area contributed by atoms with Gasteiger partial charge in [0, 0.05) is 6.42 Å². The molecule has 1 rings (SSSR count). The van der Waals surface area contributed by atoms with Crippen molar-refractivity contribution in [1.82, 2.24) is 0 Å². The van der Waals surface area contributed by atoms with Crippen molar-refractivity contribution in [2.45, 2.75) is 38.8 Å². The average Bonchev–Trinajstić information content (AvgIpc) is 2.45. The van der Waals surface area contributed by atoms with Crippen LogP contribution < -0.4 is 0 Å². The van der Waals surface area contributed by atoms with Gasteiger partial charge in [0.2, 0.25) is 0 Å². The minimum absolute atomic E-state index is 0.0974. The van der Waals surface area contributed by atoms with Gasteiger partial charge in [-0.1, -0.05) is 13.8 Å². The van der Waals surface area contributed by atoms with Crippen molar-refractivity contribution >= 4 is 0 Å². The number of rotatable bonds is 4. The van der Waals surface area contributed by atoms with Gasteiger partial charge in [-0.15, -0.1) is 0 Å². The van der Waals surface area contributed by atoms with E-state index in [1.54, 1.807) is 0 Å². The highest BCUT2D eigenvalue weighted by atomic mass is 16.7. The molecule has 0 saturated carbocycles. The predicted octanol–water partition coefficient (Wildman–Crippen LogP) is 0.127. The van der Waals surface area contributed by atoms with Crippen molar-refractivity contribution < 1.29 is 19.7 Å². The maximum atomic E-state index is 8.90. The minimum Gasteiger partial charge on any atom is -0.394 e. The van der Waals surface area contributed by atoms with Crippen LogP contribution in [-0.4, -0.2) is 41.9 Å². The summed E-state index contributed by atoms with van der Waals surface area (Å²) in [6, 6.07) is 0. The van der Waals surface area contributed by atoms with Crippen LogP contribution in [0.25, 0.3) is 0 Å². The van der Waals surface area contributed by atoms with Crippen molar-refractivity contribution in [2.24, 2.45) is 5.92 Å². The molecular weight excluding hydrogens is 172 g/mol. The molecule has 2 N–H and O–H groups in total. The summed E-state index contributed by atoms with van der Waals surface area (Å²) in [7, 11) is 0. The molecule has 1 aliphatic heterocycles. The second-order valence-electron chi connectivity index (χ2n) is 3.77. The molecule has 4 heteroatoms. The maximum absolute atomic E-state index is 8.90. The fourth-order valence-corrected chi connectivity index (χ4v) is 1.41. The van der Waals surface area contributed by atoms with Gasteiger partial charge < -0.3 is 19.7 Å². The first-order chi connectivity index (χ1) is 6.17. The molecule has 0 aromatic carbocycles. The monoisotopic (exact) mass is 190 g/mol. The second kappa shape index (κ2) is 4.91. The third-order valence-electron chi connectivity index (χ3n) is 2.09. The van der Waals surface area contributed by atoms with Crippen molar-refractivity contribution in [3.63, 3.8) is 0 Å². The number of hydrogen-bond acceptors (Lipinski definition) is 4. The summed E-state index contributed by atoms with van der Waals surface area (Å²) < 4.78 is 10.8. The van der Waals surface area contributed by atoms with Crippen LogP contribution in [0.3, 0.4) is 0 Å². The molecule has 2 atom stereocenters. The van der Waals surface area contributed by atoms with E-state index in [1.807, 2.05) is 0 Å². The second-order valence-corrected chi connectivity index (χ2v) is 3.77. The summed E-state index contributed by atoms with van der Waals surface area (Å²) in [5.74, 6) is 0.488. The van der Waals surface area contributed by atoms with E-state index in [1.165, 1.54) is 0 Å². The highest BCUT2D eigenvalue weighted by molar-refractivity contribution is 4.76. The standard InChI is InChI=1S/C9H18O4/c1-6(2)3-9-12-7(4-10)8(5-11)13-9/h6-11H,3-5H2,1-2H3/t7-,8-/m1/s1. The first kappa shape index (κ1) is 10.9. The molecule has 1 heterocycles. The summed E-state index contributed by atoms with van der Waals surface area (Å²) in [5, 5.41) is 17.8. The van der Waals surface area contributed by atoms with Gasteiger partial charge in [0.15, 0.2) is 6.29 Å². The summed E-state index contributed by atoms with van der Waals surface area (Å²) >= 11 is 0. The number of aliphatic hydroxyl groups is 2. The van der Waals surface area contributed by atoms with Gasteiger partial charge in [-0.05, 0) is 5.92 Å². The van der Waals surface area contributed by atoms with Gasteiger partial charge in [-0.25, -0.2) is 0 Å². The Balaban J connectivity index is 2.38. The van der Waals surface area contributed by atoms with E-state index in [4.69, 9.17) is 19.7 Å². The molecule has 0 bridgehead atoms. The highest BCUT2D eigenvalue weighted by Gasteiger charge is 2.35. The Bertz CT molecular complexity index is 137. The lowest BCUT2D eigenvalue weighted by molar-refractivity contribution is -0.0845. The van der Waals surface area contributed by atoms with E-state index in [9.17, 15) is 0 Å². The fraction of sp³-hybridized carbons (Fsp3) is 1.00. The third kappa shape index (κ3) is 2.91. The van der Waals surface area contributed by atoms with Gasteiger partial charge in [-0.3, -0.25) is 0 Å².